The number of nitrogens with one attached hydrogen (secondary N) is 1. The van der Waals surface area contributed by atoms with E-state index in [0.717, 1.165) is 15.8 Å². The summed E-state index contributed by atoms with van der Waals surface area (Å²) in [7, 11) is 0. The van der Waals surface area contributed by atoms with Crippen LogP contribution in [-0.2, 0) is 11.3 Å². The molecule has 2 aromatic carbocycles. The molecule has 0 fully saturated rings. The molecule has 6 heteroatoms. The minimum absolute atomic E-state index is 0.265. The fourth-order valence-electron chi connectivity index (χ4n) is 3.23. The van der Waals surface area contributed by atoms with E-state index >= 15 is 0 Å². The molecule has 26 heavy (non-hydrogen) atoms. The van der Waals surface area contributed by atoms with E-state index in [1.165, 1.54) is 0 Å². The summed E-state index contributed by atoms with van der Waals surface area (Å²) >= 11 is 0. The Hall–Kier alpha value is -3.41. The van der Waals surface area contributed by atoms with Gasteiger partial charge in [0.2, 0.25) is 5.91 Å². The van der Waals surface area contributed by atoms with Crippen molar-refractivity contribution in [1.82, 2.24) is 14.8 Å². The van der Waals surface area contributed by atoms with Gasteiger partial charge >= 0.3 is 0 Å². The second kappa shape index (κ2) is 6.48. The highest BCUT2D eigenvalue weighted by Gasteiger charge is 2.36. The average Bonchev–Trinajstić information content (AvgIpc) is 3.17. The summed E-state index contributed by atoms with van der Waals surface area (Å²) in [4.78, 5) is 37.7. The third kappa shape index (κ3) is 2.75. The van der Waals surface area contributed by atoms with Gasteiger partial charge in [0.25, 0.3) is 11.8 Å². The molecule has 4 rings (SSSR count). The summed E-state index contributed by atoms with van der Waals surface area (Å²) in [6, 6.07) is 16.6. The van der Waals surface area contributed by atoms with Crippen molar-refractivity contribution in [1.29, 1.82) is 0 Å². The van der Waals surface area contributed by atoms with Crippen molar-refractivity contribution in [2.75, 3.05) is 13.1 Å². The second-order valence-electron chi connectivity index (χ2n) is 6.16. The Morgan fingerprint density at radius 3 is 2.27 bits per heavy atom. The number of carbonyl (C=O) groups is 3. The number of rotatable bonds is 5. The van der Waals surface area contributed by atoms with Crippen LogP contribution in [-0.4, -0.2) is 40.3 Å². The maximum Gasteiger partial charge on any atom is 0.262 e. The van der Waals surface area contributed by atoms with Crippen LogP contribution >= 0.6 is 0 Å². The van der Waals surface area contributed by atoms with Crippen LogP contribution < -0.4 is 5.32 Å². The Balaban J connectivity index is 1.35. The van der Waals surface area contributed by atoms with Crippen molar-refractivity contribution in [3.05, 3.63) is 71.9 Å². The van der Waals surface area contributed by atoms with Gasteiger partial charge in [-0.25, -0.2) is 0 Å². The lowest BCUT2D eigenvalue weighted by Gasteiger charge is -2.14. The molecule has 1 aromatic heterocycles. The van der Waals surface area contributed by atoms with E-state index in [1.807, 2.05) is 36.5 Å². The number of nitrogens with zero attached hydrogens (tertiary/aromatic N) is 2. The molecular weight excluding hydrogens is 330 g/mol. The quantitative estimate of drug-likeness (QED) is 0.718. The molecule has 6 nitrogen and oxygen atoms in total. The van der Waals surface area contributed by atoms with Crippen LogP contribution in [0.3, 0.4) is 0 Å². The molecule has 1 N–H and O–H groups in total. The third-order valence-electron chi connectivity index (χ3n) is 4.54. The number of fused-ring (bicyclic) bond motifs is 2. The summed E-state index contributed by atoms with van der Waals surface area (Å²) in [5.74, 6) is -1.19. The van der Waals surface area contributed by atoms with E-state index in [1.54, 1.807) is 24.3 Å². The number of hydrogen-bond acceptors (Lipinski definition) is 3. The molecule has 0 atom stereocenters. The van der Waals surface area contributed by atoms with Gasteiger partial charge in [0.05, 0.1) is 11.1 Å². The molecule has 2 heterocycles. The largest absolute Gasteiger partial charge is 0.353 e. The summed E-state index contributed by atoms with van der Waals surface area (Å²) in [6.07, 6.45) is 1.97. The minimum Gasteiger partial charge on any atom is -0.353 e. The highest BCUT2D eigenvalue weighted by molar-refractivity contribution is 6.22. The van der Waals surface area contributed by atoms with Gasteiger partial charge < -0.3 is 9.88 Å². The van der Waals surface area contributed by atoms with Crippen LogP contribution in [0.4, 0.5) is 0 Å². The van der Waals surface area contributed by atoms with Crippen LogP contribution in [0.5, 0.6) is 0 Å². The van der Waals surface area contributed by atoms with Gasteiger partial charge in [0.1, 0.15) is 6.54 Å². The standard InChI is InChI=1S/C20H17N3O3/c24-18(13-23-19(25)15-6-2-3-7-16(15)20(23)26)21-10-12-22-11-9-14-5-1-4-8-17(14)22/h1-9,11H,10,12-13H2,(H,21,24). The number of benzene rings is 2. The van der Waals surface area contributed by atoms with Gasteiger partial charge in [0, 0.05) is 24.8 Å². The van der Waals surface area contributed by atoms with E-state index in [9.17, 15) is 14.4 Å². The van der Waals surface area contributed by atoms with Crippen molar-refractivity contribution in [2.45, 2.75) is 6.54 Å². The van der Waals surface area contributed by atoms with Crippen LogP contribution in [0.15, 0.2) is 60.8 Å². The van der Waals surface area contributed by atoms with Crippen molar-refractivity contribution in [2.24, 2.45) is 0 Å². The third-order valence-corrected chi connectivity index (χ3v) is 4.54. The Labute approximate surface area is 150 Å². The van der Waals surface area contributed by atoms with E-state index in [-0.39, 0.29) is 12.5 Å². The first kappa shape index (κ1) is 16.1. The lowest BCUT2D eigenvalue weighted by molar-refractivity contribution is -0.121. The fraction of sp³-hybridized carbons (Fsp3) is 0.150. The second-order valence-corrected chi connectivity index (χ2v) is 6.16. The Bertz CT molecular complexity index is 987. The van der Waals surface area contributed by atoms with Crippen LogP contribution in [0.1, 0.15) is 20.7 Å². The SMILES string of the molecule is O=C(CN1C(=O)c2ccccc2C1=O)NCCn1ccc2ccccc21. The number of amides is 3. The lowest BCUT2D eigenvalue weighted by atomic mass is 10.1. The van der Waals surface area contributed by atoms with Gasteiger partial charge in [-0.05, 0) is 29.7 Å². The predicted octanol–water partition coefficient (Wildman–Crippen LogP) is 2.05. The number of aromatic nitrogens is 1. The normalized spacial score (nSPS) is 13.3. The fourth-order valence-corrected chi connectivity index (χ4v) is 3.23. The molecule has 130 valence electrons. The van der Waals surface area contributed by atoms with Crippen molar-refractivity contribution in [3.63, 3.8) is 0 Å². The molecule has 1 aliphatic rings. The van der Waals surface area contributed by atoms with Crippen LogP contribution in [0, 0.1) is 0 Å². The van der Waals surface area contributed by atoms with Crippen molar-refractivity contribution < 1.29 is 14.4 Å². The molecule has 0 bridgehead atoms. The Morgan fingerprint density at radius 1 is 0.885 bits per heavy atom. The monoisotopic (exact) mass is 347 g/mol. The van der Waals surface area contributed by atoms with Gasteiger partial charge in [0.15, 0.2) is 0 Å². The highest BCUT2D eigenvalue weighted by atomic mass is 16.2. The van der Waals surface area contributed by atoms with Crippen molar-refractivity contribution in [3.8, 4) is 0 Å². The maximum atomic E-state index is 12.3. The van der Waals surface area contributed by atoms with Crippen molar-refractivity contribution >= 4 is 28.6 Å². The molecule has 3 amide bonds. The van der Waals surface area contributed by atoms with E-state index < -0.39 is 11.8 Å². The van der Waals surface area contributed by atoms with Gasteiger partial charge in [-0.15, -0.1) is 0 Å². The molecule has 0 saturated carbocycles. The van der Waals surface area contributed by atoms with E-state index in [0.29, 0.717) is 24.2 Å². The zero-order valence-electron chi connectivity index (χ0n) is 14.0. The van der Waals surface area contributed by atoms with Crippen LogP contribution in [0.25, 0.3) is 10.9 Å². The molecule has 1 aliphatic heterocycles. The first-order valence-electron chi connectivity index (χ1n) is 8.41. The topological polar surface area (TPSA) is 71.4 Å². The lowest BCUT2D eigenvalue weighted by Crippen LogP contribution is -2.41. The van der Waals surface area contributed by atoms with Crippen LogP contribution in [0.2, 0.25) is 0 Å². The average molecular weight is 347 g/mol. The molecule has 0 radical (unpaired) electrons. The Kier molecular flexibility index (Phi) is 4.01. The zero-order valence-corrected chi connectivity index (χ0v) is 14.0. The molecule has 0 aliphatic carbocycles. The Morgan fingerprint density at radius 2 is 1.54 bits per heavy atom. The smallest absolute Gasteiger partial charge is 0.262 e. The van der Waals surface area contributed by atoms with Gasteiger partial charge in [-0.3, -0.25) is 19.3 Å². The summed E-state index contributed by atoms with van der Waals surface area (Å²) in [6.45, 7) is 0.765. The zero-order chi connectivity index (χ0) is 18.1. The summed E-state index contributed by atoms with van der Waals surface area (Å²) in [5.41, 5.74) is 1.80. The van der Waals surface area contributed by atoms with Gasteiger partial charge in [-0.2, -0.15) is 0 Å². The number of imide groups is 1. The highest BCUT2D eigenvalue weighted by Crippen LogP contribution is 2.21. The number of para-hydroxylation sites is 1. The van der Waals surface area contributed by atoms with E-state index in [4.69, 9.17) is 0 Å². The minimum atomic E-state index is -0.419. The van der Waals surface area contributed by atoms with E-state index in [2.05, 4.69) is 9.88 Å². The molecule has 3 aromatic rings. The van der Waals surface area contributed by atoms with Gasteiger partial charge in [-0.1, -0.05) is 30.3 Å². The summed E-state index contributed by atoms with van der Waals surface area (Å²) in [5, 5.41) is 3.92. The predicted molar refractivity (Wildman–Crippen MR) is 96.8 cm³/mol. The molecular formula is C20H17N3O3. The number of hydrogen-bond donors (Lipinski definition) is 1. The number of carbonyl (C=O) groups excluding carboxylic acids is 3. The first-order chi connectivity index (χ1) is 12.6. The molecule has 0 saturated heterocycles. The molecule has 0 unspecified atom stereocenters. The molecule has 0 spiro atoms. The maximum absolute atomic E-state index is 12.3. The first-order valence-corrected chi connectivity index (χ1v) is 8.41. The summed E-state index contributed by atoms with van der Waals surface area (Å²) < 4.78 is 2.05.